The maximum atomic E-state index is 12.1. The minimum atomic E-state index is -0.798. The molecule has 0 radical (unpaired) electrons. The fraction of sp³-hybridized carbons (Fsp3) is 0.579. The summed E-state index contributed by atoms with van der Waals surface area (Å²) < 4.78 is 5.02. The molecule has 1 atom stereocenters. The fourth-order valence-corrected chi connectivity index (χ4v) is 3.23. The Hall–Kier alpha value is -1.68. The topological polar surface area (TPSA) is 69.4 Å². The lowest BCUT2D eigenvalue weighted by molar-refractivity contribution is -0.164. The van der Waals surface area contributed by atoms with Gasteiger partial charge in [-0.1, -0.05) is 44.2 Å². The van der Waals surface area contributed by atoms with Gasteiger partial charge in [0.1, 0.15) is 6.04 Å². The van der Waals surface area contributed by atoms with Gasteiger partial charge in [0.25, 0.3) is 0 Å². The Labute approximate surface area is 138 Å². The Morgan fingerprint density at radius 3 is 2.30 bits per heavy atom. The van der Waals surface area contributed by atoms with Gasteiger partial charge in [-0.3, -0.25) is 4.79 Å². The van der Waals surface area contributed by atoms with Gasteiger partial charge in [-0.2, -0.15) is 0 Å². The van der Waals surface area contributed by atoms with E-state index in [1.165, 1.54) is 0 Å². The van der Waals surface area contributed by atoms with Crippen LogP contribution in [0.2, 0.25) is 0 Å². The number of nitrogens with two attached hydrogens (primary N) is 1. The number of esters is 2. The van der Waals surface area contributed by atoms with Crippen molar-refractivity contribution in [3.05, 3.63) is 35.9 Å². The summed E-state index contributed by atoms with van der Waals surface area (Å²) in [5.41, 5.74) is 6.82. The van der Waals surface area contributed by atoms with Crippen molar-refractivity contribution < 1.29 is 14.3 Å². The van der Waals surface area contributed by atoms with Crippen molar-refractivity contribution in [2.24, 2.45) is 23.5 Å². The average Bonchev–Trinajstić information content (AvgIpc) is 2.55. The second kappa shape index (κ2) is 8.25. The van der Waals surface area contributed by atoms with Crippen molar-refractivity contribution in [1.82, 2.24) is 0 Å². The summed E-state index contributed by atoms with van der Waals surface area (Å²) >= 11 is 0. The molecule has 2 N–H and O–H groups in total. The SMILES string of the molecule is CC(C)C1CCC(C(=O)OC(=O)[C@@H](N)Cc2ccccc2)CC1. The zero-order chi connectivity index (χ0) is 16.8. The molecule has 0 amide bonds. The van der Waals surface area contributed by atoms with Gasteiger partial charge in [0.15, 0.2) is 0 Å². The first-order valence-electron chi connectivity index (χ1n) is 8.52. The van der Waals surface area contributed by atoms with Crippen molar-refractivity contribution >= 4 is 11.9 Å². The van der Waals surface area contributed by atoms with Gasteiger partial charge in [-0.15, -0.1) is 0 Å². The van der Waals surface area contributed by atoms with Crippen LogP contribution in [0.4, 0.5) is 0 Å². The summed E-state index contributed by atoms with van der Waals surface area (Å²) in [4.78, 5) is 24.1. The molecule has 1 fully saturated rings. The molecule has 0 bridgehead atoms. The van der Waals surface area contributed by atoms with Crippen molar-refractivity contribution in [1.29, 1.82) is 0 Å². The van der Waals surface area contributed by atoms with Crippen LogP contribution in [-0.2, 0) is 20.7 Å². The zero-order valence-corrected chi connectivity index (χ0v) is 14.0. The third kappa shape index (κ3) is 5.17. The first-order chi connectivity index (χ1) is 11.0. The molecule has 0 unspecified atom stereocenters. The average molecular weight is 317 g/mol. The van der Waals surface area contributed by atoms with Crippen LogP contribution in [0, 0.1) is 17.8 Å². The summed E-state index contributed by atoms with van der Waals surface area (Å²) in [6.07, 6.45) is 4.06. The van der Waals surface area contributed by atoms with Gasteiger partial charge in [0.2, 0.25) is 0 Å². The molecular weight excluding hydrogens is 290 g/mol. The van der Waals surface area contributed by atoms with Crippen LogP contribution in [-0.4, -0.2) is 18.0 Å². The second-order valence-electron chi connectivity index (χ2n) is 6.89. The van der Waals surface area contributed by atoms with E-state index in [0.29, 0.717) is 18.3 Å². The predicted molar refractivity (Wildman–Crippen MR) is 89.5 cm³/mol. The summed E-state index contributed by atoms with van der Waals surface area (Å²) in [5.74, 6) is 0.145. The normalized spacial score (nSPS) is 22.6. The van der Waals surface area contributed by atoms with Crippen LogP contribution in [0.1, 0.15) is 45.1 Å². The molecule has 0 spiro atoms. The third-order valence-electron chi connectivity index (χ3n) is 4.85. The molecule has 1 aromatic carbocycles. The molecule has 0 heterocycles. The van der Waals surface area contributed by atoms with Crippen LogP contribution in [0.25, 0.3) is 0 Å². The van der Waals surface area contributed by atoms with Crippen molar-refractivity contribution in [3.8, 4) is 0 Å². The van der Waals surface area contributed by atoms with E-state index < -0.39 is 18.0 Å². The largest absolute Gasteiger partial charge is 0.392 e. The first kappa shape index (κ1) is 17.7. The number of hydrogen-bond donors (Lipinski definition) is 1. The molecule has 2 rings (SSSR count). The Kier molecular flexibility index (Phi) is 6.34. The minimum absolute atomic E-state index is 0.155. The number of carbonyl (C=O) groups excluding carboxylic acids is 2. The maximum absolute atomic E-state index is 12.1. The van der Waals surface area contributed by atoms with E-state index >= 15 is 0 Å². The van der Waals surface area contributed by atoms with E-state index in [1.807, 2.05) is 30.3 Å². The third-order valence-corrected chi connectivity index (χ3v) is 4.85. The number of hydrogen-bond acceptors (Lipinski definition) is 4. The minimum Gasteiger partial charge on any atom is -0.392 e. The molecule has 1 aliphatic carbocycles. The van der Waals surface area contributed by atoms with Gasteiger partial charge >= 0.3 is 11.9 Å². The van der Waals surface area contributed by atoms with Gasteiger partial charge in [0, 0.05) is 0 Å². The Morgan fingerprint density at radius 1 is 1.13 bits per heavy atom. The highest BCUT2D eigenvalue weighted by Gasteiger charge is 2.30. The highest BCUT2D eigenvalue weighted by atomic mass is 16.6. The van der Waals surface area contributed by atoms with Crippen molar-refractivity contribution in [2.45, 2.75) is 52.0 Å². The molecular formula is C19H27NO3. The molecule has 0 saturated heterocycles. The Morgan fingerprint density at radius 2 is 1.74 bits per heavy atom. The molecule has 1 aromatic rings. The van der Waals surface area contributed by atoms with Crippen LogP contribution >= 0.6 is 0 Å². The predicted octanol–water partition coefficient (Wildman–Crippen LogP) is 3.09. The molecule has 23 heavy (non-hydrogen) atoms. The number of ether oxygens (including phenoxy) is 1. The molecule has 0 aliphatic heterocycles. The van der Waals surface area contributed by atoms with Crippen LogP contribution in [0.3, 0.4) is 0 Å². The van der Waals surface area contributed by atoms with E-state index in [2.05, 4.69) is 13.8 Å². The summed E-state index contributed by atoms with van der Waals surface area (Å²) in [7, 11) is 0. The number of rotatable bonds is 5. The maximum Gasteiger partial charge on any atom is 0.330 e. The quantitative estimate of drug-likeness (QED) is 0.669. The first-order valence-corrected chi connectivity index (χ1v) is 8.52. The molecule has 4 nitrogen and oxygen atoms in total. The lowest BCUT2D eigenvalue weighted by Gasteiger charge is -2.29. The summed E-state index contributed by atoms with van der Waals surface area (Å²) in [6, 6.07) is 8.71. The number of benzene rings is 1. The van der Waals surface area contributed by atoms with E-state index in [4.69, 9.17) is 10.5 Å². The lowest BCUT2D eigenvalue weighted by atomic mass is 9.77. The van der Waals surface area contributed by atoms with Gasteiger partial charge in [0.05, 0.1) is 5.92 Å². The van der Waals surface area contributed by atoms with Crippen molar-refractivity contribution in [2.75, 3.05) is 0 Å². The van der Waals surface area contributed by atoms with Gasteiger partial charge in [-0.25, -0.2) is 4.79 Å². The van der Waals surface area contributed by atoms with Crippen LogP contribution < -0.4 is 5.73 Å². The molecule has 1 saturated carbocycles. The summed E-state index contributed by atoms with van der Waals surface area (Å²) in [6.45, 7) is 4.44. The molecule has 0 aromatic heterocycles. The van der Waals surface area contributed by atoms with E-state index in [0.717, 1.165) is 31.2 Å². The van der Waals surface area contributed by atoms with E-state index in [-0.39, 0.29) is 5.92 Å². The summed E-state index contributed by atoms with van der Waals surface area (Å²) in [5, 5.41) is 0. The van der Waals surface area contributed by atoms with Crippen LogP contribution in [0.15, 0.2) is 30.3 Å². The molecule has 126 valence electrons. The highest BCUT2D eigenvalue weighted by molar-refractivity contribution is 5.89. The lowest BCUT2D eigenvalue weighted by Crippen LogP contribution is -2.37. The van der Waals surface area contributed by atoms with Gasteiger partial charge < -0.3 is 10.5 Å². The Balaban J connectivity index is 1.79. The molecule has 4 heteroatoms. The molecule has 1 aliphatic rings. The standard InChI is InChI=1S/C19H27NO3/c1-13(2)15-8-10-16(11-9-15)18(21)23-19(22)17(20)12-14-6-4-3-5-7-14/h3-7,13,15-17H,8-12,20H2,1-2H3/t15?,16?,17-/m0/s1. The number of carbonyl (C=O) groups is 2. The van der Waals surface area contributed by atoms with E-state index in [1.54, 1.807) is 0 Å². The van der Waals surface area contributed by atoms with Crippen molar-refractivity contribution in [3.63, 3.8) is 0 Å². The fourth-order valence-electron chi connectivity index (χ4n) is 3.23. The highest BCUT2D eigenvalue weighted by Crippen LogP contribution is 2.33. The second-order valence-corrected chi connectivity index (χ2v) is 6.89. The van der Waals surface area contributed by atoms with Gasteiger partial charge in [-0.05, 0) is 49.5 Å². The monoisotopic (exact) mass is 317 g/mol. The Bertz CT molecular complexity index is 519. The van der Waals surface area contributed by atoms with E-state index in [9.17, 15) is 9.59 Å². The van der Waals surface area contributed by atoms with Crippen LogP contribution in [0.5, 0.6) is 0 Å². The zero-order valence-electron chi connectivity index (χ0n) is 14.0. The smallest absolute Gasteiger partial charge is 0.330 e.